The van der Waals surface area contributed by atoms with Gasteiger partial charge in [0.2, 0.25) is 0 Å². The largest absolute Gasteiger partial charge is 0.272 e. The standard InChI is InChI=1S/C17H17N3OS/c1-12-18-16(20-9-5-6-10-21-20)14-11-15(22-17(14)19-12)13-7-3-2-4-8-13/h2-4,7-8,11H,5-6,9-10H2,1H3. The van der Waals surface area contributed by atoms with Gasteiger partial charge in [0, 0.05) is 11.4 Å². The number of benzene rings is 1. The molecule has 1 aromatic carbocycles. The number of hydrogen-bond donors (Lipinski definition) is 0. The van der Waals surface area contributed by atoms with Crippen LogP contribution in [0.1, 0.15) is 18.7 Å². The number of anilines is 1. The third kappa shape index (κ3) is 2.46. The summed E-state index contributed by atoms with van der Waals surface area (Å²) in [6.45, 7) is 3.59. The zero-order valence-corrected chi connectivity index (χ0v) is 13.3. The average molecular weight is 311 g/mol. The second-order valence-corrected chi connectivity index (χ2v) is 6.46. The fourth-order valence-corrected chi connectivity index (χ4v) is 3.79. The van der Waals surface area contributed by atoms with Gasteiger partial charge < -0.3 is 0 Å². The highest BCUT2D eigenvalue weighted by Crippen LogP contribution is 2.37. The summed E-state index contributed by atoms with van der Waals surface area (Å²) in [6, 6.07) is 12.6. The van der Waals surface area contributed by atoms with Crippen LogP contribution < -0.4 is 5.06 Å². The Labute approximate surface area is 133 Å². The predicted molar refractivity (Wildman–Crippen MR) is 90.1 cm³/mol. The summed E-state index contributed by atoms with van der Waals surface area (Å²) in [5, 5.41) is 3.01. The maximum Gasteiger partial charge on any atom is 0.164 e. The molecule has 0 aliphatic carbocycles. The van der Waals surface area contributed by atoms with Crippen LogP contribution in [0.3, 0.4) is 0 Å². The van der Waals surface area contributed by atoms with Gasteiger partial charge in [-0.3, -0.25) is 4.84 Å². The molecule has 0 saturated carbocycles. The molecule has 0 N–H and O–H groups in total. The maximum absolute atomic E-state index is 5.79. The molecule has 3 aromatic rings. The van der Waals surface area contributed by atoms with Crippen LogP contribution in [-0.2, 0) is 4.84 Å². The quantitative estimate of drug-likeness (QED) is 0.711. The summed E-state index contributed by atoms with van der Waals surface area (Å²) in [7, 11) is 0. The number of rotatable bonds is 2. The lowest BCUT2D eigenvalue weighted by Gasteiger charge is -2.27. The van der Waals surface area contributed by atoms with Gasteiger partial charge in [-0.25, -0.2) is 15.0 Å². The first-order valence-corrected chi connectivity index (χ1v) is 8.37. The molecule has 2 aromatic heterocycles. The number of nitrogens with zero attached hydrogens (tertiary/aromatic N) is 3. The molecule has 0 radical (unpaired) electrons. The second kappa shape index (κ2) is 5.66. The van der Waals surface area contributed by atoms with E-state index in [2.05, 4.69) is 40.3 Å². The molecule has 0 atom stereocenters. The molecule has 112 valence electrons. The van der Waals surface area contributed by atoms with Crippen molar-refractivity contribution in [3.05, 3.63) is 42.2 Å². The van der Waals surface area contributed by atoms with Crippen LogP contribution in [0.5, 0.6) is 0 Å². The summed E-state index contributed by atoms with van der Waals surface area (Å²) >= 11 is 1.71. The van der Waals surface area contributed by atoms with E-state index in [0.717, 1.165) is 47.9 Å². The fourth-order valence-electron chi connectivity index (χ4n) is 2.71. The molecule has 4 nitrogen and oxygen atoms in total. The van der Waals surface area contributed by atoms with Crippen LogP contribution in [0.15, 0.2) is 36.4 Å². The van der Waals surface area contributed by atoms with E-state index in [1.165, 1.54) is 10.4 Å². The van der Waals surface area contributed by atoms with E-state index in [4.69, 9.17) is 4.84 Å². The Hall–Kier alpha value is -1.98. The van der Waals surface area contributed by atoms with Gasteiger partial charge in [0.1, 0.15) is 10.7 Å². The van der Waals surface area contributed by atoms with Crippen molar-refractivity contribution in [3.63, 3.8) is 0 Å². The number of hydrogen-bond acceptors (Lipinski definition) is 5. The molecule has 4 rings (SSSR count). The van der Waals surface area contributed by atoms with E-state index in [1.54, 1.807) is 11.3 Å². The Morgan fingerprint density at radius 2 is 2.00 bits per heavy atom. The van der Waals surface area contributed by atoms with Gasteiger partial charge >= 0.3 is 0 Å². The Morgan fingerprint density at radius 3 is 2.77 bits per heavy atom. The number of hydroxylamine groups is 1. The summed E-state index contributed by atoms with van der Waals surface area (Å²) in [5.74, 6) is 1.69. The zero-order chi connectivity index (χ0) is 14.9. The SMILES string of the molecule is Cc1nc(N2CCCCO2)c2cc(-c3ccccc3)sc2n1. The van der Waals surface area contributed by atoms with Gasteiger partial charge in [-0.05, 0) is 31.4 Å². The summed E-state index contributed by atoms with van der Waals surface area (Å²) in [6.07, 6.45) is 2.25. The Morgan fingerprint density at radius 1 is 1.14 bits per heavy atom. The van der Waals surface area contributed by atoms with E-state index in [9.17, 15) is 0 Å². The molecule has 1 saturated heterocycles. The molecule has 0 unspecified atom stereocenters. The summed E-state index contributed by atoms with van der Waals surface area (Å²) < 4.78 is 0. The highest BCUT2D eigenvalue weighted by molar-refractivity contribution is 7.21. The number of fused-ring (bicyclic) bond motifs is 1. The molecule has 1 aliphatic heterocycles. The van der Waals surface area contributed by atoms with Crippen molar-refractivity contribution in [2.24, 2.45) is 0 Å². The van der Waals surface area contributed by atoms with Crippen LogP contribution in [-0.4, -0.2) is 23.1 Å². The van der Waals surface area contributed by atoms with Crippen molar-refractivity contribution < 1.29 is 4.84 Å². The first kappa shape index (κ1) is 13.7. The minimum Gasteiger partial charge on any atom is -0.272 e. The minimum atomic E-state index is 0.764. The Kier molecular flexibility index (Phi) is 3.52. The molecular weight excluding hydrogens is 294 g/mol. The maximum atomic E-state index is 5.79. The van der Waals surface area contributed by atoms with Gasteiger partial charge in [-0.15, -0.1) is 11.3 Å². The molecule has 22 heavy (non-hydrogen) atoms. The van der Waals surface area contributed by atoms with E-state index >= 15 is 0 Å². The molecule has 0 spiro atoms. The molecular formula is C17H17N3OS. The monoisotopic (exact) mass is 311 g/mol. The second-order valence-electron chi connectivity index (χ2n) is 5.43. The van der Waals surface area contributed by atoms with Gasteiger partial charge in [0.15, 0.2) is 5.82 Å². The first-order valence-electron chi connectivity index (χ1n) is 7.55. The third-order valence-electron chi connectivity index (χ3n) is 3.78. The van der Waals surface area contributed by atoms with Crippen LogP contribution in [0.25, 0.3) is 20.7 Å². The molecule has 5 heteroatoms. The van der Waals surface area contributed by atoms with Crippen molar-refractivity contribution >= 4 is 27.4 Å². The van der Waals surface area contributed by atoms with Crippen molar-refractivity contribution in [1.82, 2.24) is 9.97 Å². The fraction of sp³-hybridized carbons (Fsp3) is 0.294. The van der Waals surface area contributed by atoms with Crippen molar-refractivity contribution in [2.45, 2.75) is 19.8 Å². The number of aromatic nitrogens is 2. The highest BCUT2D eigenvalue weighted by Gasteiger charge is 2.19. The van der Waals surface area contributed by atoms with Crippen molar-refractivity contribution in [1.29, 1.82) is 0 Å². The molecule has 1 fully saturated rings. The zero-order valence-electron chi connectivity index (χ0n) is 12.5. The van der Waals surface area contributed by atoms with Gasteiger partial charge in [-0.1, -0.05) is 30.3 Å². The van der Waals surface area contributed by atoms with Crippen LogP contribution in [0, 0.1) is 6.92 Å². The molecule has 0 bridgehead atoms. The van der Waals surface area contributed by atoms with E-state index in [-0.39, 0.29) is 0 Å². The van der Waals surface area contributed by atoms with Gasteiger partial charge in [0.25, 0.3) is 0 Å². The Balaban J connectivity index is 1.84. The topological polar surface area (TPSA) is 38.2 Å². The number of thiophene rings is 1. The molecule has 1 aliphatic rings. The van der Waals surface area contributed by atoms with E-state index < -0.39 is 0 Å². The van der Waals surface area contributed by atoms with E-state index in [1.807, 2.05) is 18.1 Å². The van der Waals surface area contributed by atoms with E-state index in [0.29, 0.717) is 0 Å². The van der Waals surface area contributed by atoms with Crippen molar-refractivity contribution in [3.8, 4) is 10.4 Å². The normalized spacial score (nSPS) is 15.4. The molecule has 0 amide bonds. The lowest BCUT2D eigenvalue weighted by Crippen LogP contribution is -2.30. The van der Waals surface area contributed by atoms with Gasteiger partial charge in [0.05, 0.1) is 12.0 Å². The van der Waals surface area contributed by atoms with Crippen LogP contribution in [0.4, 0.5) is 5.82 Å². The van der Waals surface area contributed by atoms with Crippen LogP contribution >= 0.6 is 11.3 Å². The first-order chi connectivity index (χ1) is 10.8. The third-order valence-corrected chi connectivity index (χ3v) is 4.86. The predicted octanol–water partition coefficient (Wildman–Crippen LogP) is 4.20. The van der Waals surface area contributed by atoms with Gasteiger partial charge in [-0.2, -0.15) is 0 Å². The molecule has 3 heterocycles. The minimum absolute atomic E-state index is 0.764. The summed E-state index contributed by atoms with van der Waals surface area (Å²) in [4.78, 5) is 17.3. The highest BCUT2D eigenvalue weighted by atomic mass is 32.1. The summed E-state index contributed by atoms with van der Waals surface area (Å²) in [5.41, 5.74) is 1.22. The van der Waals surface area contributed by atoms with Crippen molar-refractivity contribution in [2.75, 3.05) is 18.2 Å². The smallest absolute Gasteiger partial charge is 0.164 e. The Bertz CT molecular complexity index is 794. The average Bonchev–Trinajstić information content (AvgIpc) is 2.99. The lowest BCUT2D eigenvalue weighted by atomic mass is 10.2. The van der Waals surface area contributed by atoms with Crippen LogP contribution in [0.2, 0.25) is 0 Å². The lowest BCUT2D eigenvalue weighted by molar-refractivity contribution is 0.0767. The number of aryl methyl sites for hydroxylation is 1.